The number of carbonyl (C=O) groups is 1. The topological polar surface area (TPSA) is 88.0 Å². The molecule has 3 rings (SSSR count). The first kappa shape index (κ1) is 26.6. The lowest BCUT2D eigenvalue weighted by molar-refractivity contribution is -0.131. The predicted molar refractivity (Wildman–Crippen MR) is 136 cm³/mol. The molecular formula is C29H35NO5. The van der Waals surface area contributed by atoms with Gasteiger partial charge < -0.3 is 25.0 Å². The first-order chi connectivity index (χ1) is 17.0. The molecule has 1 unspecified atom stereocenters. The summed E-state index contributed by atoms with van der Waals surface area (Å²) in [5.41, 5.74) is 4.83. The van der Waals surface area contributed by atoms with Gasteiger partial charge in [-0.1, -0.05) is 60.7 Å². The van der Waals surface area contributed by atoms with Gasteiger partial charge in [0.05, 0.1) is 19.3 Å². The molecule has 0 aromatic heterocycles. The Hall–Kier alpha value is -3.03. The minimum Gasteiger partial charge on any atom is -0.426 e. The normalized spacial score (nSPS) is 11.9. The zero-order chi connectivity index (χ0) is 24.9. The van der Waals surface area contributed by atoms with Crippen molar-refractivity contribution < 1.29 is 24.5 Å². The molecule has 0 fully saturated rings. The zero-order valence-corrected chi connectivity index (χ0v) is 20.3. The van der Waals surface area contributed by atoms with Crippen LogP contribution in [-0.2, 0) is 35.6 Å². The molecule has 0 saturated heterocycles. The summed E-state index contributed by atoms with van der Waals surface area (Å²) in [6.07, 6.45) is 2.13. The third-order valence-electron chi connectivity index (χ3n) is 5.68. The summed E-state index contributed by atoms with van der Waals surface area (Å²) in [7, 11) is 0. The molecule has 3 N–H and O–H groups in total. The maximum absolute atomic E-state index is 11.2. The van der Waals surface area contributed by atoms with Crippen LogP contribution < -0.4 is 10.1 Å². The third kappa shape index (κ3) is 9.26. The molecule has 186 valence electrons. The number of hydrogen-bond acceptors (Lipinski definition) is 6. The Morgan fingerprint density at radius 3 is 2.49 bits per heavy atom. The van der Waals surface area contributed by atoms with Gasteiger partial charge in [0.1, 0.15) is 5.75 Å². The number of esters is 1. The molecule has 0 radical (unpaired) electrons. The number of nitrogens with one attached hydrogen (secondary N) is 1. The number of rotatable bonds is 14. The van der Waals surface area contributed by atoms with Crippen LogP contribution in [0.25, 0.3) is 0 Å². The minimum atomic E-state index is -0.734. The van der Waals surface area contributed by atoms with E-state index < -0.39 is 12.1 Å². The van der Waals surface area contributed by atoms with E-state index in [1.165, 1.54) is 18.1 Å². The van der Waals surface area contributed by atoms with Gasteiger partial charge in [-0.15, -0.1) is 0 Å². The molecule has 1 atom stereocenters. The molecule has 0 aliphatic carbocycles. The van der Waals surface area contributed by atoms with Crippen LogP contribution in [0.15, 0.2) is 72.8 Å². The Kier molecular flexibility index (Phi) is 10.9. The molecule has 0 aliphatic rings. The Labute approximate surface area is 207 Å². The monoisotopic (exact) mass is 477 g/mol. The van der Waals surface area contributed by atoms with Crippen molar-refractivity contribution in [2.45, 2.75) is 45.5 Å². The van der Waals surface area contributed by atoms with Crippen molar-refractivity contribution in [1.82, 2.24) is 5.32 Å². The Balaban J connectivity index is 1.37. The second kappa shape index (κ2) is 14.4. The van der Waals surface area contributed by atoms with E-state index in [4.69, 9.17) is 9.47 Å². The number of aliphatic hydroxyl groups excluding tert-OH is 2. The average Bonchev–Trinajstić information content (AvgIpc) is 2.87. The molecule has 6 nitrogen and oxygen atoms in total. The quantitative estimate of drug-likeness (QED) is 0.184. The summed E-state index contributed by atoms with van der Waals surface area (Å²) in [6.45, 7) is 3.47. The summed E-state index contributed by atoms with van der Waals surface area (Å²) < 4.78 is 10.9. The van der Waals surface area contributed by atoms with Crippen LogP contribution in [0.4, 0.5) is 0 Å². The van der Waals surface area contributed by atoms with Gasteiger partial charge in [-0.25, -0.2) is 0 Å². The molecular weight excluding hydrogens is 442 g/mol. The lowest BCUT2D eigenvalue weighted by atomic mass is 10.0. The predicted octanol–water partition coefficient (Wildman–Crippen LogP) is 4.12. The smallest absolute Gasteiger partial charge is 0.308 e. The highest BCUT2D eigenvalue weighted by Gasteiger charge is 2.12. The number of hydrogen-bond donors (Lipinski definition) is 3. The first-order valence-corrected chi connectivity index (χ1v) is 12.1. The standard InChI is InChI=1S/C29H35NO5/c1-22(32)35-29-13-12-26(18-27(29)20-31)28(33)19-30-15-14-24-9-5-10-25(17-24)21-34-16-6-11-23-7-3-2-4-8-23/h2-5,7-10,12-13,17-18,28,30-31,33H,6,11,14-16,19-21H2,1H3. The highest BCUT2D eigenvalue weighted by Crippen LogP contribution is 2.24. The number of carbonyl (C=O) groups excluding carboxylic acids is 1. The van der Waals surface area contributed by atoms with Crippen molar-refractivity contribution in [3.05, 3.63) is 101 Å². The van der Waals surface area contributed by atoms with Gasteiger partial charge in [0.25, 0.3) is 0 Å². The average molecular weight is 478 g/mol. The van der Waals surface area contributed by atoms with Crippen LogP contribution in [0.1, 0.15) is 47.3 Å². The van der Waals surface area contributed by atoms with E-state index in [1.54, 1.807) is 18.2 Å². The molecule has 0 heterocycles. The second-order valence-electron chi connectivity index (χ2n) is 8.55. The van der Waals surface area contributed by atoms with Crippen LogP contribution in [0.2, 0.25) is 0 Å². The Morgan fingerprint density at radius 2 is 1.71 bits per heavy atom. The molecule has 0 bridgehead atoms. The fraction of sp³-hybridized carbons (Fsp3) is 0.345. The molecule has 0 spiro atoms. The molecule has 35 heavy (non-hydrogen) atoms. The summed E-state index contributed by atoms with van der Waals surface area (Å²) in [5, 5.41) is 23.3. The SMILES string of the molecule is CC(=O)Oc1ccc(C(O)CNCCc2cccc(COCCCc3ccccc3)c2)cc1CO. The number of aryl methyl sites for hydroxylation is 1. The first-order valence-electron chi connectivity index (χ1n) is 12.1. The van der Waals surface area contributed by atoms with E-state index in [-0.39, 0.29) is 6.61 Å². The number of benzene rings is 3. The van der Waals surface area contributed by atoms with E-state index in [9.17, 15) is 15.0 Å². The van der Waals surface area contributed by atoms with Gasteiger partial charge in [-0.05, 0) is 60.2 Å². The highest BCUT2D eigenvalue weighted by atomic mass is 16.5. The second-order valence-corrected chi connectivity index (χ2v) is 8.55. The van der Waals surface area contributed by atoms with Gasteiger partial charge in [0, 0.05) is 25.6 Å². The molecule has 0 aliphatic heterocycles. The van der Waals surface area contributed by atoms with Crippen molar-refractivity contribution in [1.29, 1.82) is 0 Å². The van der Waals surface area contributed by atoms with Gasteiger partial charge in [0.15, 0.2) is 0 Å². The largest absolute Gasteiger partial charge is 0.426 e. The maximum atomic E-state index is 11.2. The fourth-order valence-corrected chi connectivity index (χ4v) is 3.86. The lowest BCUT2D eigenvalue weighted by Crippen LogP contribution is -2.24. The Bertz CT molecular complexity index is 1050. The van der Waals surface area contributed by atoms with E-state index in [0.29, 0.717) is 30.0 Å². The summed E-state index contributed by atoms with van der Waals surface area (Å²) in [5.74, 6) is -0.141. The van der Waals surface area contributed by atoms with Crippen LogP contribution in [-0.4, -0.2) is 35.9 Å². The molecule has 0 amide bonds. The summed E-state index contributed by atoms with van der Waals surface area (Å²) >= 11 is 0. The van der Waals surface area contributed by atoms with Gasteiger partial charge in [0.2, 0.25) is 0 Å². The zero-order valence-electron chi connectivity index (χ0n) is 20.3. The van der Waals surface area contributed by atoms with Crippen LogP contribution in [0.3, 0.4) is 0 Å². The number of aliphatic hydroxyl groups is 2. The van der Waals surface area contributed by atoms with Crippen molar-refractivity contribution in [3.63, 3.8) is 0 Å². The van der Waals surface area contributed by atoms with E-state index in [0.717, 1.165) is 38.0 Å². The third-order valence-corrected chi connectivity index (χ3v) is 5.68. The lowest BCUT2D eigenvalue weighted by Gasteiger charge is -2.15. The van der Waals surface area contributed by atoms with Crippen LogP contribution in [0, 0.1) is 0 Å². The molecule has 6 heteroatoms. The van der Waals surface area contributed by atoms with Crippen molar-refractivity contribution in [2.24, 2.45) is 0 Å². The van der Waals surface area contributed by atoms with Gasteiger partial charge in [-0.3, -0.25) is 4.79 Å². The molecule has 3 aromatic rings. The minimum absolute atomic E-state index is 0.274. The van der Waals surface area contributed by atoms with Crippen molar-refractivity contribution >= 4 is 5.97 Å². The fourth-order valence-electron chi connectivity index (χ4n) is 3.86. The Morgan fingerprint density at radius 1 is 0.943 bits per heavy atom. The molecule has 3 aromatic carbocycles. The highest BCUT2D eigenvalue weighted by molar-refractivity contribution is 5.69. The maximum Gasteiger partial charge on any atom is 0.308 e. The number of ether oxygens (including phenoxy) is 2. The van der Waals surface area contributed by atoms with E-state index >= 15 is 0 Å². The molecule has 0 saturated carbocycles. The van der Waals surface area contributed by atoms with Crippen molar-refractivity contribution in [3.8, 4) is 5.75 Å². The summed E-state index contributed by atoms with van der Waals surface area (Å²) in [4.78, 5) is 11.2. The van der Waals surface area contributed by atoms with Crippen LogP contribution in [0.5, 0.6) is 5.75 Å². The van der Waals surface area contributed by atoms with E-state index in [2.05, 4.69) is 47.8 Å². The van der Waals surface area contributed by atoms with Crippen LogP contribution >= 0.6 is 0 Å². The van der Waals surface area contributed by atoms with Crippen molar-refractivity contribution in [2.75, 3.05) is 19.7 Å². The van der Waals surface area contributed by atoms with Gasteiger partial charge in [-0.2, -0.15) is 0 Å². The van der Waals surface area contributed by atoms with E-state index in [1.807, 2.05) is 12.1 Å². The summed E-state index contributed by atoms with van der Waals surface area (Å²) in [6, 6.07) is 23.8. The van der Waals surface area contributed by atoms with Gasteiger partial charge >= 0.3 is 5.97 Å².